The Morgan fingerprint density at radius 1 is 1.43 bits per heavy atom. The van der Waals surface area contributed by atoms with Crippen molar-refractivity contribution in [2.24, 2.45) is 5.92 Å². The van der Waals surface area contributed by atoms with Crippen molar-refractivity contribution in [3.8, 4) is 5.75 Å². The van der Waals surface area contributed by atoms with Crippen molar-refractivity contribution >= 4 is 5.91 Å². The molecule has 21 heavy (non-hydrogen) atoms. The van der Waals surface area contributed by atoms with Gasteiger partial charge in [0.1, 0.15) is 5.75 Å². The van der Waals surface area contributed by atoms with Gasteiger partial charge in [-0.15, -0.1) is 0 Å². The van der Waals surface area contributed by atoms with E-state index in [1.807, 2.05) is 30.9 Å². The third-order valence-electron chi connectivity index (χ3n) is 4.44. The molecule has 0 unspecified atom stereocenters. The summed E-state index contributed by atoms with van der Waals surface area (Å²) in [5.41, 5.74) is 2.32. The zero-order chi connectivity index (χ0) is 15.4. The number of benzene rings is 1. The minimum absolute atomic E-state index is 0.143. The molecule has 0 N–H and O–H groups in total. The molecule has 2 rings (SSSR count). The van der Waals surface area contributed by atoms with E-state index in [1.165, 1.54) is 12.0 Å². The smallest absolute Gasteiger partial charge is 0.263 e. The number of amides is 1. The number of carbonyl (C=O) groups is 1. The number of piperidine rings is 1. The number of hydrogen-bond donors (Lipinski definition) is 0. The van der Waals surface area contributed by atoms with Gasteiger partial charge in [-0.1, -0.05) is 26.0 Å². The summed E-state index contributed by atoms with van der Waals surface area (Å²) in [4.78, 5) is 14.7. The zero-order valence-corrected chi connectivity index (χ0v) is 13.7. The minimum atomic E-state index is -0.365. The zero-order valence-electron chi connectivity index (χ0n) is 13.7. The van der Waals surface area contributed by atoms with E-state index in [0.29, 0.717) is 12.3 Å². The van der Waals surface area contributed by atoms with E-state index < -0.39 is 0 Å². The second kappa shape index (κ2) is 6.97. The van der Waals surface area contributed by atoms with Gasteiger partial charge < -0.3 is 9.64 Å². The molecule has 1 saturated heterocycles. The molecule has 0 aliphatic carbocycles. The lowest BCUT2D eigenvalue weighted by molar-refractivity contribution is -0.140. The van der Waals surface area contributed by atoms with Crippen molar-refractivity contribution in [2.75, 3.05) is 13.1 Å². The van der Waals surface area contributed by atoms with E-state index >= 15 is 0 Å². The van der Waals surface area contributed by atoms with Gasteiger partial charge in [0, 0.05) is 13.1 Å². The van der Waals surface area contributed by atoms with E-state index in [0.717, 1.165) is 30.8 Å². The molecule has 0 aromatic heterocycles. The van der Waals surface area contributed by atoms with Gasteiger partial charge in [0.2, 0.25) is 0 Å². The average molecular weight is 289 g/mol. The third-order valence-corrected chi connectivity index (χ3v) is 4.44. The topological polar surface area (TPSA) is 29.5 Å². The minimum Gasteiger partial charge on any atom is -0.480 e. The maximum Gasteiger partial charge on any atom is 0.263 e. The summed E-state index contributed by atoms with van der Waals surface area (Å²) in [6.07, 6.45) is 2.67. The van der Waals surface area contributed by atoms with Gasteiger partial charge in [-0.2, -0.15) is 0 Å². The summed E-state index contributed by atoms with van der Waals surface area (Å²) in [6.45, 7) is 10.1. The normalized spacial score (nSPS) is 20.2. The van der Waals surface area contributed by atoms with E-state index in [1.54, 1.807) is 0 Å². The van der Waals surface area contributed by atoms with Crippen molar-refractivity contribution in [1.29, 1.82) is 0 Å². The Morgan fingerprint density at radius 3 is 2.86 bits per heavy atom. The molecular formula is C18H27NO2. The SMILES string of the molecule is CC[C@@H](Oc1cccc(C)c1C)C(=O)N1CCC[C@@H](C)C1. The Balaban J connectivity index is 2.08. The summed E-state index contributed by atoms with van der Waals surface area (Å²) in [5, 5.41) is 0. The van der Waals surface area contributed by atoms with Gasteiger partial charge in [0.05, 0.1) is 0 Å². The standard InChI is InChI=1S/C18H27NO2/c1-5-16(18(20)19-11-7-8-13(2)12-19)21-17-10-6-9-14(3)15(17)4/h6,9-10,13,16H,5,7-8,11-12H2,1-4H3/t13-,16-/m1/s1. The summed E-state index contributed by atoms with van der Waals surface area (Å²) in [6, 6.07) is 6.01. The summed E-state index contributed by atoms with van der Waals surface area (Å²) in [7, 11) is 0. The molecule has 0 spiro atoms. The first kappa shape index (κ1) is 15.9. The number of hydrogen-bond acceptors (Lipinski definition) is 2. The number of ether oxygens (including phenoxy) is 1. The number of nitrogens with zero attached hydrogens (tertiary/aromatic N) is 1. The van der Waals surface area contributed by atoms with Crippen molar-refractivity contribution in [1.82, 2.24) is 4.90 Å². The van der Waals surface area contributed by atoms with Crippen LogP contribution in [-0.4, -0.2) is 30.0 Å². The Labute approximate surface area is 128 Å². The number of carbonyl (C=O) groups excluding carboxylic acids is 1. The number of likely N-dealkylation sites (tertiary alicyclic amines) is 1. The second-order valence-electron chi connectivity index (χ2n) is 6.24. The van der Waals surface area contributed by atoms with Crippen LogP contribution in [0.1, 0.15) is 44.2 Å². The lowest BCUT2D eigenvalue weighted by atomic mass is 9.99. The molecule has 0 bridgehead atoms. The van der Waals surface area contributed by atoms with E-state index in [-0.39, 0.29) is 12.0 Å². The second-order valence-corrected chi connectivity index (χ2v) is 6.24. The van der Waals surface area contributed by atoms with Crippen molar-refractivity contribution in [2.45, 2.75) is 53.1 Å². The molecule has 1 aliphatic heterocycles. The highest BCUT2D eigenvalue weighted by Gasteiger charge is 2.28. The highest BCUT2D eigenvalue weighted by atomic mass is 16.5. The van der Waals surface area contributed by atoms with Crippen LogP contribution in [0.25, 0.3) is 0 Å². The number of aryl methyl sites for hydroxylation is 1. The van der Waals surface area contributed by atoms with Crippen molar-refractivity contribution < 1.29 is 9.53 Å². The molecule has 1 heterocycles. The van der Waals surface area contributed by atoms with Crippen LogP contribution in [0.3, 0.4) is 0 Å². The van der Waals surface area contributed by atoms with Crippen LogP contribution in [0.2, 0.25) is 0 Å². The van der Waals surface area contributed by atoms with Gasteiger partial charge >= 0.3 is 0 Å². The van der Waals surface area contributed by atoms with E-state index in [4.69, 9.17) is 4.74 Å². The first-order valence-electron chi connectivity index (χ1n) is 8.04. The molecule has 0 saturated carbocycles. The first-order chi connectivity index (χ1) is 10.0. The molecule has 1 amide bonds. The maximum absolute atomic E-state index is 12.7. The molecule has 0 radical (unpaired) electrons. The fourth-order valence-corrected chi connectivity index (χ4v) is 2.91. The molecule has 1 aromatic carbocycles. The van der Waals surface area contributed by atoms with Crippen LogP contribution >= 0.6 is 0 Å². The lowest BCUT2D eigenvalue weighted by Crippen LogP contribution is -2.46. The van der Waals surface area contributed by atoms with Gasteiger partial charge in [-0.05, 0) is 56.2 Å². The van der Waals surface area contributed by atoms with Gasteiger partial charge in [0.25, 0.3) is 5.91 Å². The Hall–Kier alpha value is -1.51. The lowest BCUT2D eigenvalue weighted by Gasteiger charge is -2.33. The van der Waals surface area contributed by atoms with E-state index in [9.17, 15) is 4.79 Å². The van der Waals surface area contributed by atoms with Crippen LogP contribution in [0, 0.1) is 19.8 Å². The molecule has 1 fully saturated rings. The molecule has 2 atom stereocenters. The Bertz CT molecular complexity index is 498. The van der Waals surface area contributed by atoms with Crippen molar-refractivity contribution in [3.05, 3.63) is 29.3 Å². The monoisotopic (exact) mass is 289 g/mol. The highest BCUT2D eigenvalue weighted by Crippen LogP contribution is 2.24. The highest BCUT2D eigenvalue weighted by molar-refractivity contribution is 5.81. The molecule has 1 aromatic rings. The quantitative estimate of drug-likeness (QED) is 0.845. The largest absolute Gasteiger partial charge is 0.480 e. The fourth-order valence-electron chi connectivity index (χ4n) is 2.91. The molecule has 3 heteroatoms. The maximum atomic E-state index is 12.7. The van der Waals surface area contributed by atoms with Gasteiger partial charge in [0.15, 0.2) is 6.10 Å². The van der Waals surface area contributed by atoms with Gasteiger partial charge in [-0.25, -0.2) is 0 Å². The summed E-state index contributed by atoms with van der Waals surface area (Å²) >= 11 is 0. The van der Waals surface area contributed by atoms with Crippen LogP contribution in [0.5, 0.6) is 5.75 Å². The number of rotatable bonds is 4. The van der Waals surface area contributed by atoms with Crippen LogP contribution in [0.15, 0.2) is 18.2 Å². The third kappa shape index (κ3) is 3.78. The Morgan fingerprint density at radius 2 is 2.19 bits per heavy atom. The predicted molar refractivity (Wildman–Crippen MR) is 85.6 cm³/mol. The van der Waals surface area contributed by atoms with Gasteiger partial charge in [-0.3, -0.25) is 4.79 Å². The molecule has 1 aliphatic rings. The van der Waals surface area contributed by atoms with Crippen molar-refractivity contribution in [3.63, 3.8) is 0 Å². The van der Waals surface area contributed by atoms with Crippen LogP contribution in [-0.2, 0) is 4.79 Å². The summed E-state index contributed by atoms with van der Waals surface area (Å²) < 4.78 is 6.03. The predicted octanol–water partition coefficient (Wildman–Crippen LogP) is 3.72. The average Bonchev–Trinajstić information content (AvgIpc) is 2.48. The van der Waals surface area contributed by atoms with Crippen LogP contribution < -0.4 is 4.74 Å². The van der Waals surface area contributed by atoms with E-state index in [2.05, 4.69) is 19.9 Å². The molecular weight excluding hydrogens is 262 g/mol. The summed E-state index contributed by atoms with van der Waals surface area (Å²) in [5.74, 6) is 1.58. The molecule has 116 valence electrons. The fraction of sp³-hybridized carbons (Fsp3) is 0.611. The van der Waals surface area contributed by atoms with Crippen LogP contribution in [0.4, 0.5) is 0 Å². The Kier molecular flexibility index (Phi) is 5.27. The first-order valence-corrected chi connectivity index (χ1v) is 8.04. The molecule has 3 nitrogen and oxygen atoms in total.